The summed E-state index contributed by atoms with van der Waals surface area (Å²) in [5.41, 5.74) is 2.68. The molecule has 2 aromatic heterocycles. The molecule has 1 aliphatic rings. The maximum Gasteiger partial charge on any atom is 0.226 e. The van der Waals surface area contributed by atoms with E-state index in [0.29, 0.717) is 6.04 Å². The number of hydrogen-bond donors (Lipinski definition) is 3. The van der Waals surface area contributed by atoms with Crippen LogP contribution in [0.2, 0.25) is 0 Å². The molecule has 0 saturated carbocycles. The molecule has 0 aliphatic carbocycles. The van der Waals surface area contributed by atoms with E-state index in [1.807, 2.05) is 33.3 Å². The van der Waals surface area contributed by atoms with Crippen LogP contribution in [0.5, 0.6) is 0 Å². The van der Waals surface area contributed by atoms with Crippen LogP contribution in [0.1, 0.15) is 26.7 Å². The number of piperidine rings is 1. The summed E-state index contributed by atoms with van der Waals surface area (Å²) < 4.78 is 0.950. The molecule has 3 heterocycles. The highest BCUT2D eigenvalue weighted by Crippen LogP contribution is 2.39. The van der Waals surface area contributed by atoms with E-state index in [9.17, 15) is 4.79 Å². The van der Waals surface area contributed by atoms with E-state index in [1.54, 1.807) is 0 Å². The average Bonchev–Trinajstić information content (AvgIpc) is 2.97. The van der Waals surface area contributed by atoms with Crippen LogP contribution in [0, 0.1) is 5.92 Å². The standard InChI is InChI=1S/C17H24BrN5O.ClH/c1-10(2)17(24)22-13-8-21-16-14(13)15(12(18)7-20-16)23-6-4-5-11(9-23)19-3;/h7-8,10-11,19H,4-6,9H2,1-3H3,(H,20,21)(H,22,24);1H. The van der Waals surface area contributed by atoms with Crippen molar-refractivity contribution in [3.05, 3.63) is 16.9 Å². The number of amides is 1. The lowest BCUT2D eigenvalue weighted by Crippen LogP contribution is -2.44. The van der Waals surface area contributed by atoms with Crippen LogP contribution in [0.4, 0.5) is 11.4 Å². The van der Waals surface area contributed by atoms with E-state index in [4.69, 9.17) is 0 Å². The molecule has 3 rings (SSSR count). The second-order valence-electron chi connectivity index (χ2n) is 6.60. The molecule has 138 valence electrons. The molecule has 2 aromatic rings. The van der Waals surface area contributed by atoms with E-state index in [0.717, 1.165) is 46.4 Å². The van der Waals surface area contributed by atoms with E-state index < -0.39 is 0 Å². The minimum absolute atomic E-state index is 0. The highest BCUT2D eigenvalue weighted by molar-refractivity contribution is 9.10. The van der Waals surface area contributed by atoms with Gasteiger partial charge in [-0.15, -0.1) is 12.4 Å². The monoisotopic (exact) mass is 429 g/mol. The summed E-state index contributed by atoms with van der Waals surface area (Å²) in [7, 11) is 2.01. The van der Waals surface area contributed by atoms with Gasteiger partial charge in [0.25, 0.3) is 0 Å². The third-order valence-electron chi connectivity index (χ3n) is 4.56. The van der Waals surface area contributed by atoms with Gasteiger partial charge in [0.05, 0.1) is 21.2 Å². The Labute approximate surface area is 162 Å². The summed E-state index contributed by atoms with van der Waals surface area (Å²) in [5, 5.41) is 7.37. The molecular formula is C17H25BrClN5O. The number of halogens is 2. The number of likely N-dealkylation sites (N-methyl/N-ethyl adjacent to an activating group) is 1. The van der Waals surface area contributed by atoms with Crippen molar-refractivity contribution in [3.8, 4) is 0 Å². The van der Waals surface area contributed by atoms with Crippen LogP contribution in [0.25, 0.3) is 11.0 Å². The quantitative estimate of drug-likeness (QED) is 0.694. The minimum atomic E-state index is -0.0674. The van der Waals surface area contributed by atoms with Crippen molar-refractivity contribution in [2.75, 3.05) is 30.4 Å². The largest absolute Gasteiger partial charge is 0.368 e. The maximum absolute atomic E-state index is 12.1. The first-order valence-electron chi connectivity index (χ1n) is 8.40. The molecule has 1 unspecified atom stereocenters. The molecule has 1 atom stereocenters. The maximum atomic E-state index is 12.1. The fourth-order valence-corrected chi connectivity index (χ4v) is 3.71. The number of fused-ring (bicyclic) bond motifs is 1. The van der Waals surface area contributed by atoms with Gasteiger partial charge in [0, 0.05) is 37.4 Å². The van der Waals surface area contributed by atoms with Gasteiger partial charge in [-0.05, 0) is 35.8 Å². The molecule has 8 heteroatoms. The second kappa shape index (κ2) is 8.38. The Bertz CT molecular complexity index is 748. The fourth-order valence-electron chi connectivity index (χ4n) is 3.16. The molecule has 1 fully saturated rings. The van der Waals surface area contributed by atoms with Crippen molar-refractivity contribution in [2.45, 2.75) is 32.7 Å². The predicted octanol–water partition coefficient (Wildman–Crippen LogP) is 3.53. The Kier molecular flexibility index (Phi) is 6.71. The van der Waals surface area contributed by atoms with Gasteiger partial charge in [-0.25, -0.2) is 4.98 Å². The van der Waals surface area contributed by atoms with Gasteiger partial charge in [0.1, 0.15) is 5.65 Å². The summed E-state index contributed by atoms with van der Waals surface area (Å²) in [6.45, 7) is 5.72. The van der Waals surface area contributed by atoms with Crippen LogP contribution >= 0.6 is 28.3 Å². The SMILES string of the molecule is CNC1CCCN(c2c(Br)cnc3[nH]cc(NC(=O)C(C)C)c23)C1.Cl. The summed E-state index contributed by atoms with van der Waals surface area (Å²) in [4.78, 5) is 22.1. The van der Waals surface area contributed by atoms with Crippen molar-refractivity contribution < 1.29 is 4.79 Å². The van der Waals surface area contributed by atoms with Gasteiger partial charge in [0.2, 0.25) is 5.91 Å². The van der Waals surface area contributed by atoms with Crippen molar-refractivity contribution in [2.24, 2.45) is 5.92 Å². The Morgan fingerprint density at radius 3 is 2.92 bits per heavy atom. The number of aromatic amines is 1. The first kappa shape index (κ1) is 20.0. The third-order valence-corrected chi connectivity index (χ3v) is 5.14. The number of nitrogens with one attached hydrogen (secondary N) is 3. The summed E-state index contributed by atoms with van der Waals surface area (Å²) in [6.07, 6.45) is 5.97. The van der Waals surface area contributed by atoms with Crippen LogP contribution in [0.15, 0.2) is 16.9 Å². The van der Waals surface area contributed by atoms with E-state index in [-0.39, 0.29) is 24.2 Å². The molecule has 25 heavy (non-hydrogen) atoms. The van der Waals surface area contributed by atoms with E-state index in [1.165, 1.54) is 6.42 Å². The number of carbonyl (C=O) groups excluding carboxylic acids is 1. The van der Waals surface area contributed by atoms with Gasteiger partial charge in [0.15, 0.2) is 0 Å². The number of hydrogen-bond acceptors (Lipinski definition) is 4. The lowest BCUT2D eigenvalue weighted by Gasteiger charge is -2.35. The van der Waals surface area contributed by atoms with Crippen LogP contribution in [-0.2, 0) is 4.79 Å². The van der Waals surface area contributed by atoms with E-state index >= 15 is 0 Å². The number of anilines is 2. The number of rotatable bonds is 4. The van der Waals surface area contributed by atoms with Crippen LogP contribution in [-0.4, -0.2) is 42.1 Å². The number of H-pyrrole nitrogens is 1. The molecule has 0 bridgehead atoms. The van der Waals surface area contributed by atoms with Crippen molar-refractivity contribution >= 4 is 56.7 Å². The Balaban J connectivity index is 0.00000225. The summed E-state index contributed by atoms with van der Waals surface area (Å²) >= 11 is 3.66. The second-order valence-corrected chi connectivity index (χ2v) is 7.45. The van der Waals surface area contributed by atoms with Gasteiger partial charge < -0.3 is 20.5 Å². The zero-order valence-corrected chi connectivity index (χ0v) is 17.1. The predicted molar refractivity (Wildman–Crippen MR) is 109 cm³/mol. The average molecular weight is 431 g/mol. The summed E-state index contributed by atoms with van der Waals surface area (Å²) in [5.74, 6) is -0.0595. The van der Waals surface area contributed by atoms with Gasteiger partial charge in [-0.1, -0.05) is 13.8 Å². The van der Waals surface area contributed by atoms with Crippen LogP contribution < -0.4 is 15.5 Å². The molecule has 1 amide bonds. The molecule has 6 nitrogen and oxygen atoms in total. The topological polar surface area (TPSA) is 73.1 Å². The Hall–Kier alpha value is -1.31. The minimum Gasteiger partial charge on any atom is -0.368 e. The lowest BCUT2D eigenvalue weighted by molar-refractivity contribution is -0.118. The van der Waals surface area contributed by atoms with Crippen molar-refractivity contribution in [1.29, 1.82) is 0 Å². The van der Waals surface area contributed by atoms with Gasteiger partial charge >= 0.3 is 0 Å². The number of nitrogens with zero attached hydrogens (tertiary/aromatic N) is 2. The third kappa shape index (κ3) is 4.10. The smallest absolute Gasteiger partial charge is 0.226 e. The molecule has 0 spiro atoms. The number of pyridine rings is 1. The molecule has 3 N–H and O–H groups in total. The van der Waals surface area contributed by atoms with Crippen molar-refractivity contribution in [3.63, 3.8) is 0 Å². The molecule has 1 aliphatic heterocycles. The Morgan fingerprint density at radius 1 is 1.48 bits per heavy atom. The normalized spacial score (nSPS) is 17.6. The molecule has 0 aromatic carbocycles. The highest BCUT2D eigenvalue weighted by Gasteiger charge is 2.24. The zero-order valence-electron chi connectivity index (χ0n) is 14.7. The molecule has 1 saturated heterocycles. The zero-order chi connectivity index (χ0) is 17.3. The van der Waals surface area contributed by atoms with Gasteiger partial charge in [-0.3, -0.25) is 4.79 Å². The fraction of sp³-hybridized carbons (Fsp3) is 0.529. The van der Waals surface area contributed by atoms with E-state index in [2.05, 4.69) is 41.4 Å². The molecule has 0 radical (unpaired) electrons. The first-order chi connectivity index (χ1) is 11.5. The number of carbonyl (C=O) groups is 1. The first-order valence-corrected chi connectivity index (χ1v) is 9.19. The lowest BCUT2D eigenvalue weighted by atomic mass is 10.0. The summed E-state index contributed by atoms with van der Waals surface area (Å²) in [6, 6.07) is 0.474. The highest BCUT2D eigenvalue weighted by atomic mass is 79.9. The van der Waals surface area contributed by atoms with Gasteiger partial charge in [-0.2, -0.15) is 0 Å². The Morgan fingerprint density at radius 2 is 2.24 bits per heavy atom. The van der Waals surface area contributed by atoms with Crippen LogP contribution in [0.3, 0.4) is 0 Å². The van der Waals surface area contributed by atoms with Crippen molar-refractivity contribution in [1.82, 2.24) is 15.3 Å². The number of aromatic nitrogens is 2. The molecular weight excluding hydrogens is 406 g/mol.